The molecule has 5 heteroatoms. The van der Waals surface area contributed by atoms with Crippen molar-refractivity contribution in [2.24, 2.45) is 0 Å². The van der Waals surface area contributed by atoms with Gasteiger partial charge in [-0.05, 0) is 24.1 Å². The number of hydrogen-bond donors (Lipinski definition) is 0. The minimum Gasteiger partial charge on any atom is -0.457 e. The van der Waals surface area contributed by atoms with E-state index in [1.54, 1.807) is 12.1 Å². The summed E-state index contributed by atoms with van der Waals surface area (Å²) in [6, 6.07) is 16.9. The molecule has 2 aliphatic heterocycles. The quantitative estimate of drug-likeness (QED) is 0.805. The maximum atomic E-state index is 12.2. The van der Waals surface area contributed by atoms with E-state index in [0.29, 0.717) is 18.6 Å². The van der Waals surface area contributed by atoms with Gasteiger partial charge in [-0.2, -0.15) is 0 Å². The fraction of sp³-hybridized carbons (Fsp3) is 0.300. The second kappa shape index (κ2) is 6.69. The smallest absolute Gasteiger partial charge is 0.338 e. The molecule has 0 aromatic heterocycles. The molecule has 2 aromatic rings. The number of benzene rings is 2. The zero-order chi connectivity index (χ0) is 17.2. The SMILES string of the molecule is O=C(OCc1ccccc1)c1ccc([C@H]2OC[C@@H]3CCC(=O)N32)cc1. The number of nitrogens with zero attached hydrogens (tertiary/aromatic N) is 1. The molecule has 4 rings (SSSR count). The zero-order valence-corrected chi connectivity index (χ0v) is 13.8. The lowest BCUT2D eigenvalue weighted by Gasteiger charge is -2.22. The van der Waals surface area contributed by atoms with Crippen molar-refractivity contribution < 1.29 is 19.1 Å². The van der Waals surface area contributed by atoms with Gasteiger partial charge in [0.1, 0.15) is 6.61 Å². The maximum absolute atomic E-state index is 12.2. The van der Waals surface area contributed by atoms with E-state index in [-0.39, 0.29) is 30.8 Å². The number of rotatable bonds is 4. The van der Waals surface area contributed by atoms with Crippen LogP contribution in [0, 0.1) is 0 Å². The molecule has 2 saturated heterocycles. The lowest BCUT2D eigenvalue weighted by molar-refractivity contribution is -0.134. The van der Waals surface area contributed by atoms with E-state index in [9.17, 15) is 9.59 Å². The van der Waals surface area contributed by atoms with Crippen molar-refractivity contribution in [1.82, 2.24) is 4.90 Å². The number of amides is 1. The monoisotopic (exact) mass is 337 g/mol. The highest BCUT2D eigenvalue weighted by Gasteiger charge is 2.42. The number of fused-ring (bicyclic) bond motifs is 1. The molecule has 0 bridgehead atoms. The predicted octanol–water partition coefficient (Wildman–Crippen LogP) is 3.06. The van der Waals surface area contributed by atoms with Crippen LogP contribution in [0.5, 0.6) is 0 Å². The van der Waals surface area contributed by atoms with Crippen LogP contribution in [-0.4, -0.2) is 29.4 Å². The second-order valence-corrected chi connectivity index (χ2v) is 6.36. The Bertz CT molecular complexity index is 772. The van der Waals surface area contributed by atoms with Crippen LogP contribution in [0.4, 0.5) is 0 Å². The molecule has 0 radical (unpaired) electrons. The number of carbonyl (C=O) groups excluding carboxylic acids is 2. The highest BCUT2D eigenvalue weighted by molar-refractivity contribution is 5.89. The Balaban J connectivity index is 1.41. The van der Waals surface area contributed by atoms with Crippen molar-refractivity contribution in [2.45, 2.75) is 31.7 Å². The molecule has 2 heterocycles. The number of esters is 1. The number of carbonyl (C=O) groups is 2. The summed E-state index contributed by atoms with van der Waals surface area (Å²) in [7, 11) is 0. The predicted molar refractivity (Wildman–Crippen MR) is 90.6 cm³/mol. The third kappa shape index (κ3) is 3.15. The molecule has 5 nitrogen and oxygen atoms in total. The number of ether oxygens (including phenoxy) is 2. The molecule has 0 N–H and O–H groups in total. The van der Waals surface area contributed by atoms with Gasteiger partial charge in [0.25, 0.3) is 0 Å². The molecule has 0 spiro atoms. The van der Waals surface area contributed by atoms with Gasteiger partial charge in [-0.1, -0.05) is 42.5 Å². The van der Waals surface area contributed by atoms with Crippen LogP contribution in [0.15, 0.2) is 54.6 Å². The van der Waals surface area contributed by atoms with Gasteiger partial charge in [-0.25, -0.2) is 4.79 Å². The van der Waals surface area contributed by atoms with Crippen molar-refractivity contribution in [3.8, 4) is 0 Å². The summed E-state index contributed by atoms with van der Waals surface area (Å²) in [5, 5.41) is 0. The van der Waals surface area contributed by atoms with Crippen molar-refractivity contribution in [1.29, 1.82) is 0 Å². The van der Waals surface area contributed by atoms with E-state index in [4.69, 9.17) is 9.47 Å². The molecular formula is C20H19NO4. The van der Waals surface area contributed by atoms with Gasteiger partial charge in [-0.3, -0.25) is 4.79 Å². The molecule has 25 heavy (non-hydrogen) atoms. The Labute approximate surface area is 146 Å². The molecule has 2 aromatic carbocycles. The van der Waals surface area contributed by atoms with Gasteiger partial charge >= 0.3 is 5.97 Å². The third-order valence-corrected chi connectivity index (χ3v) is 4.72. The topological polar surface area (TPSA) is 55.8 Å². The van der Waals surface area contributed by atoms with Crippen LogP contribution in [-0.2, 0) is 20.9 Å². The Morgan fingerprint density at radius 1 is 1.12 bits per heavy atom. The van der Waals surface area contributed by atoms with Crippen molar-refractivity contribution >= 4 is 11.9 Å². The van der Waals surface area contributed by atoms with Gasteiger partial charge in [0.2, 0.25) is 5.91 Å². The standard InChI is InChI=1S/C20H19NO4/c22-18-11-10-17-13-24-19(21(17)18)15-6-8-16(9-7-15)20(23)25-12-14-4-2-1-3-5-14/h1-9,17,19H,10-13H2/t17-,19+/m0/s1. The van der Waals surface area contributed by atoms with E-state index in [0.717, 1.165) is 17.5 Å². The molecule has 0 unspecified atom stereocenters. The summed E-state index contributed by atoms with van der Waals surface area (Å²) in [5.41, 5.74) is 2.32. The van der Waals surface area contributed by atoms with Crippen LogP contribution in [0.1, 0.15) is 40.6 Å². The largest absolute Gasteiger partial charge is 0.457 e. The molecule has 1 amide bonds. The van der Waals surface area contributed by atoms with Crippen molar-refractivity contribution in [3.63, 3.8) is 0 Å². The average Bonchev–Trinajstić information content (AvgIpc) is 3.24. The summed E-state index contributed by atoms with van der Waals surface area (Å²) in [6.07, 6.45) is 1.11. The Hall–Kier alpha value is -2.66. The normalized spacial score (nSPS) is 22.1. The molecule has 2 atom stereocenters. The lowest BCUT2D eigenvalue weighted by atomic mass is 10.1. The molecule has 2 aliphatic rings. The molecule has 128 valence electrons. The van der Waals surface area contributed by atoms with E-state index in [1.807, 2.05) is 47.4 Å². The second-order valence-electron chi connectivity index (χ2n) is 6.36. The van der Waals surface area contributed by atoms with Gasteiger partial charge in [0, 0.05) is 12.0 Å². The van der Waals surface area contributed by atoms with Gasteiger partial charge in [0.15, 0.2) is 6.23 Å². The third-order valence-electron chi connectivity index (χ3n) is 4.72. The van der Waals surface area contributed by atoms with Gasteiger partial charge in [-0.15, -0.1) is 0 Å². The Kier molecular flexibility index (Phi) is 4.24. The van der Waals surface area contributed by atoms with Crippen LogP contribution in [0.3, 0.4) is 0 Å². The minimum atomic E-state index is -0.363. The summed E-state index contributed by atoms with van der Waals surface area (Å²) in [6.45, 7) is 0.828. The van der Waals surface area contributed by atoms with E-state index in [2.05, 4.69) is 0 Å². The summed E-state index contributed by atoms with van der Waals surface area (Å²) < 4.78 is 11.1. The van der Waals surface area contributed by atoms with Crippen LogP contribution in [0.2, 0.25) is 0 Å². The zero-order valence-electron chi connectivity index (χ0n) is 13.8. The Morgan fingerprint density at radius 2 is 1.88 bits per heavy atom. The molecule has 2 fully saturated rings. The lowest BCUT2D eigenvalue weighted by Crippen LogP contribution is -2.30. The first kappa shape index (κ1) is 15.8. The Morgan fingerprint density at radius 3 is 2.64 bits per heavy atom. The highest BCUT2D eigenvalue weighted by Crippen LogP contribution is 2.37. The average molecular weight is 337 g/mol. The summed E-state index contributed by atoms with van der Waals surface area (Å²) in [4.78, 5) is 26.0. The van der Waals surface area contributed by atoms with Crippen LogP contribution in [0.25, 0.3) is 0 Å². The first-order valence-electron chi connectivity index (χ1n) is 8.46. The minimum absolute atomic E-state index is 0.138. The van der Waals surface area contributed by atoms with E-state index < -0.39 is 0 Å². The summed E-state index contributed by atoms with van der Waals surface area (Å²) in [5.74, 6) is -0.225. The van der Waals surface area contributed by atoms with E-state index in [1.165, 1.54) is 0 Å². The van der Waals surface area contributed by atoms with Crippen LogP contribution >= 0.6 is 0 Å². The first-order valence-corrected chi connectivity index (χ1v) is 8.46. The molecular weight excluding hydrogens is 318 g/mol. The van der Waals surface area contributed by atoms with Crippen molar-refractivity contribution in [3.05, 3.63) is 71.3 Å². The molecule has 0 aliphatic carbocycles. The first-order chi connectivity index (χ1) is 12.2. The summed E-state index contributed by atoms with van der Waals surface area (Å²) >= 11 is 0. The van der Waals surface area contributed by atoms with Crippen LogP contribution < -0.4 is 0 Å². The van der Waals surface area contributed by atoms with Crippen molar-refractivity contribution in [2.75, 3.05) is 6.61 Å². The fourth-order valence-electron chi connectivity index (χ4n) is 3.38. The maximum Gasteiger partial charge on any atom is 0.338 e. The fourth-order valence-corrected chi connectivity index (χ4v) is 3.38. The van der Waals surface area contributed by atoms with E-state index >= 15 is 0 Å². The molecule has 0 saturated carbocycles. The highest BCUT2D eigenvalue weighted by atomic mass is 16.5. The van der Waals surface area contributed by atoms with Gasteiger partial charge < -0.3 is 14.4 Å². The van der Waals surface area contributed by atoms with Gasteiger partial charge in [0.05, 0.1) is 18.2 Å². The number of hydrogen-bond acceptors (Lipinski definition) is 4.